The van der Waals surface area contributed by atoms with Gasteiger partial charge in [0.15, 0.2) is 5.82 Å². The molecule has 1 aliphatic rings. The van der Waals surface area contributed by atoms with E-state index in [0.717, 1.165) is 18.9 Å². The molecular formula is C23H20FN5. The Bertz CT molecular complexity index is 1070. The first-order chi connectivity index (χ1) is 14.3. The molecule has 0 radical (unpaired) electrons. The summed E-state index contributed by atoms with van der Waals surface area (Å²) in [6.07, 6.45) is 2.83. The summed E-state index contributed by atoms with van der Waals surface area (Å²) in [5.74, 6) is 1.18. The second-order valence-electron chi connectivity index (χ2n) is 7.18. The Kier molecular flexibility index (Phi) is 4.62. The van der Waals surface area contributed by atoms with Crippen molar-refractivity contribution in [3.8, 4) is 11.4 Å². The topological polar surface area (TPSA) is 46.8 Å². The van der Waals surface area contributed by atoms with Crippen molar-refractivity contribution < 1.29 is 4.39 Å². The summed E-state index contributed by atoms with van der Waals surface area (Å²) in [7, 11) is 0. The molecular weight excluding hydrogens is 365 g/mol. The van der Waals surface area contributed by atoms with Crippen molar-refractivity contribution in [2.24, 2.45) is 0 Å². The van der Waals surface area contributed by atoms with Crippen LogP contribution in [0.25, 0.3) is 11.4 Å². The molecule has 0 spiro atoms. The normalized spacial score (nSPS) is 14.1. The maximum atomic E-state index is 13.6. The van der Waals surface area contributed by atoms with Gasteiger partial charge in [-0.3, -0.25) is 9.88 Å². The standard InChI is InChI=1S/C23H20FN5/c24-20-13-19(14-25-15-20)23-27-26-21-16-28(11-12-29(21)23)22(17-7-3-1-4-8-17)18-9-5-2-6-10-18/h1-10,13-15,22H,11-12,16H2. The minimum absolute atomic E-state index is 0.141. The van der Waals surface area contributed by atoms with E-state index in [1.54, 1.807) is 6.20 Å². The smallest absolute Gasteiger partial charge is 0.165 e. The van der Waals surface area contributed by atoms with Crippen LogP contribution in [0.1, 0.15) is 23.0 Å². The van der Waals surface area contributed by atoms with Gasteiger partial charge in [-0.2, -0.15) is 0 Å². The number of hydrogen-bond acceptors (Lipinski definition) is 4. The van der Waals surface area contributed by atoms with E-state index in [2.05, 4.69) is 73.2 Å². The zero-order chi connectivity index (χ0) is 19.6. The summed E-state index contributed by atoms with van der Waals surface area (Å²) in [5, 5.41) is 8.73. The molecule has 0 aliphatic carbocycles. The largest absolute Gasteiger partial charge is 0.309 e. The van der Waals surface area contributed by atoms with Gasteiger partial charge < -0.3 is 4.57 Å². The van der Waals surface area contributed by atoms with Crippen LogP contribution >= 0.6 is 0 Å². The van der Waals surface area contributed by atoms with E-state index in [-0.39, 0.29) is 11.9 Å². The Balaban J connectivity index is 1.49. The Morgan fingerprint density at radius 1 is 0.828 bits per heavy atom. The molecule has 0 atom stereocenters. The number of aromatic nitrogens is 4. The lowest BCUT2D eigenvalue weighted by atomic mass is 9.96. The lowest BCUT2D eigenvalue weighted by Gasteiger charge is -2.35. The zero-order valence-electron chi connectivity index (χ0n) is 15.8. The molecule has 2 aromatic carbocycles. The van der Waals surface area contributed by atoms with Crippen LogP contribution in [-0.4, -0.2) is 31.2 Å². The molecule has 2 aromatic heterocycles. The average molecular weight is 385 g/mol. The van der Waals surface area contributed by atoms with Crippen LogP contribution in [0.3, 0.4) is 0 Å². The first-order valence-electron chi connectivity index (χ1n) is 9.66. The lowest BCUT2D eigenvalue weighted by molar-refractivity contribution is 0.176. The number of benzene rings is 2. The highest BCUT2D eigenvalue weighted by atomic mass is 19.1. The maximum Gasteiger partial charge on any atom is 0.165 e. The summed E-state index contributed by atoms with van der Waals surface area (Å²) in [5.41, 5.74) is 3.15. The van der Waals surface area contributed by atoms with Crippen LogP contribution in [-0.2, 0) is 13.1 Å². The monoisotopic (exact) mass is 385 g/mol. The van der Waals surface area contributed by atoms with E-state index < -0.39 is 0 Å². The van der Waals surface area contributed by atoms with E-state index in [1.165, 1.54) is 23.4 Å². The number of nitrogens with zero attached hydrogens (tertiary/aromatic N) is 5. The highest BCUT2D eigenvalue weighted by Crippen LogP contribution is 2.32. The molecule has 5 rings (SSSR count). The predicted octanol–water partition coefficient (Wildman–Crippen LogP) is 4.08. The number of pyridine rings is 1. The van der Waals surface area contributed by atoms with Crippen molar-refractivity contribution in [2.45, 2.75) is 19.1 Å². The highest BCUT2D eigenvalue weighted by Gasteiger charge is 2.29. The van der Waals surface area contributed by atoms with Crippen LogP contribution in [0.2, 0.25) is 0 Å². The van der Waals surface area contributed by atoms with Crippen molar-refractivity contribution in [2.75, 3.05) is 6.54 Å². The van der Waals surface area contributed by atoms with Gasteiger partial charge in [0.05, 0.1) is 18.8 Å². The summed E-state index contributed by atoms with van der Waals surface area (Å²) in [6.45, 7) is 2.25. The van der Waals surface area contributed by atoms with Gasteiger partial charge in [-0.1, -0.05) is 60.7 Å². The van der Waals surface area contributed by atoms with Crippen LogP contribution in [0.5, 0.6) is 0 Å². The Morgan fingerprint density at radius 2 is 1.52 bits per heavy atom. The first-order valence-corrected chi connectivity index (χ1v) is 9.66. The SMILES string of the molecule is Fc1cncc(-c2nnc3n2CCN(C(c2ccccc2)c2ccccc2)C3)c1. The fourth-order valence-electron chi connectivity index (χ4n) is 4.03. The molecule has 5 nitrogen and oxygen atoms in total. The molecule has 0 bridgehead atoms. The molecule has 0 saturated heterocycles. The van der Waals surface area contributed by atoms with Crippen LogP contribution in [0.15, 0.2) is 79.1 Å². The summed E-state index contributed by atoms with van der Waals surface area (Å²) >= 11 is 0. The van der Waals surface area contributed by atoms with E-state index in [1.807, 2.05) is 12.1 Å². The van der Waals surface area contributed by atoms with Gasteiger partial charge in [-0.25, -0.2) is 4.39 Å². The first kappa shape index (κ1) is 17.7. The molecule has 29 heavy (non-hydrogen) atoms. The van der Waals surface area contributed by atoms with Crippen LogP contribution < -0.4 is 0 Å². The third-order valence-electron chi connectivity index (χ3n) is 5.34. The fourth-order valence-corrected chi connectivity index (χ4v) is 4.03. The van der Waals surface area contributed by atoms with Gasteiger partial charge in [0.25, 0.3) is 0 Å². The second kappa shape index (κ2) is 7.56. The number of halogens is 1. The third kappa shape index (κ3) is 3.43. The Labute approximate surface area is 168 Å². The van der Waals surface area contributed by atoms with Crippen molar-refractivity contribution in [3.63, 3.8) is 0 Å². The van der Waals surface area contributed by atoms with E-state index in [4.69, 9.17) is 0 Å². The molecule has 0 saturated carbocycles. The number of rotatable bonds is 4. The molecule has 6 heteroatoms. The molecule has 0 unspecified atom stereocenters. The predicted molar refractivity (Wildman–Crippen MR) is 108 cm³/mol. The van der Waals surface area contributed by atoms with Crippen molar-refractivity contribution in [1.82, 2.24) is 24.6 Å². The summed E-state index contributed by atoms with van der Waals surface area (Å²) in [4.78, 5) is 6.36. The van der Waals surface area contributed by atoms with E-state index >= 15 is 0 Å². The quantitative estimate of drug-likeness (QED) is 0.531. The van der Waals surface area contributed by atoms with Crippen LogP contribution in [0, 0.1) is 5.82 Å². The maximum absolute atomic E-state index is 13.6. The van der Waals surface area contributed by atoms with E-state index in [0.29, 0.717) is 17.9 Å². The van der Waals surface area contributed by atoms with E-state index in [9.17, 15) is 4.39 Å². The molecule has 4 aromatic rings. The number of hydrogen-bond donors (Lipinski definition) is 0. The van der Waals surface area contributed by atoms with Gasteiger partial charge in [0.2, 0.25) is 0 Å². The van der Waals surface area contributed by atoms with Crippen molar-refractivity contribution >= 4 is 0 Å². The van der Waals surface area contributed by atoms with Gasteiger partial charge in [-0.05, 0) is 17.2 Å². The molecule has 3 heterocycles. The fraction of sp³-hybridized carbons (Fsp3) is 0.174. The minimum atomic E-state index is -0.370. The molecule has 144 valence electrons. The summed E-state index contributed by atoms with van der Waals surface area (Å²) in [6, 6.07) is 22.6. The van der Waals surface area contributed by atoms with Gasteiger partial charge in [0, 0.05) is 24.8 Å². The van der Waals surface area contributed by atoms with Gasteiger partial charge in [-0.15, -0.1) is 10.2 Å². The van der Waals surface area contributed by atoms with Gasteiger partial charge >= 0.3 is 0 Å². The molecule has 1 aliphatic heterocycles. The second-order valence-corrected chi connectivity index (χ2v) is 7.18. The zero-order valence-corrected chi connectivity index (χ0v) is 15.8. The highest BCUT2D eigenvalue weighted by molar-refractivity contribution is 5.53. The Morgan fingerprint density at radius 3 is 2.17 bits per heavy atom. The minimum Gasteiger partial charge on any atom is -0.309 e. The molecule has 0 N–H and O–H groups in total. The average Bonchev–Trinajstić information content (AvgIpc) is 3.19. The Hall–Kier alpha value is -3.38. The number of fused-ring (bicyclic) bond motifs is 1. The van der Waals surface area contributed by atoms with Crippen molar-refractivity contribution in [1.29, 1.82) is 0 Å². The van der Waals surface area contributed by atoms with Gasteiger partial charge in [0.1, 0.15) is 11.6 Å². The molecule has 0 amide bonds. The lowest BCUT2D eigenvalue weighted by Crippen LogP contribution is -2.37. The van der Waals surface area contributed by atoms with Crippen LogP contribution in [0.4, 0.5) is 4.39 Å². The molecule has 0 fully saturated rings. The third-order valence-corrected chi connectivity index (χ3v) is 5.34. The summed E-state index contributed by atoms with van der Waals surface area (Å²) < 4.78 is 15.7. The van der Waals surface area contributed by atoms with Crippen molar-refractivity contribution in [3.05, 3.63) is 102 Å².